The van der Waals surface area contributed by atoms with E-state index in [0.29, 0.717) is 6.61 Å². The molecule has 4 nitrogen and oxygen atoms in total. The van der Waals surface area contributed by atoms with Gasteiger partial charge in [-0.3, -0.25) is 0 Å². The summed E-state index contributed by atoms with van der Waals surface area (Å²) in [6.45, 7) is 0.491. The van der Waals surface area contributed by atoms with Crippen LogP contribution in [0.25, 0.3) is 0 Å². The van der Waals surface area contributed by atoms with Crippen molar-refractivity contribution in [1.29, 1.82) is 0 Å². The monoisotopic (exact) mass is 488 g/mol. The molecule has 37 heavy (non-hydrogen) atoms. The van der Waals surface area contributed by atoms with E-state index in [4.69, 9.17) is 4.74 Å². The van der Waals surface area contributed by atoms with Gasteiger partial charge in [-0.05, 0) is 76.3 Å². The summed E-state index contributed by atoms with van der Waals surface area (Å²) < 4.78 is 6.02. The van der Waals surface area contributed by atoms with E-state index in [1.54, 1.807) is 36.4 Å². The first kappa shape index (κ1) is 24.0. The van der Waals surface area contributed by atoms with Gasteiger partial charge in [0, 0.05) is 11.8 Å². The Kier molecular flexibility index (Phi) is 7.09. The van der Waals surface area contributed by atoms with E-state index < -0.39 is 0 Å². The lowest BCUT2D eigenvalue weighted by Crippen LogP contribution is -2.14. The minimum Gasteiger partial charge on any atom is -0.508 e. The zero-order valence-corrected chi connectivity index (χ0v) is 20.2. The first-order valence-corrected chi connectivity index (χ1v) is 12.2. The smallest absolute Gasteiger partial charge is 0.119 e. The summed E-state index contributed by atoms with van der Waals surface area (Å²) >= 11 is 0. The van der Waals surface area contributed by atoms with Crippen molar-refractivity contribution in [2.45, 2.75) is 18.4 Å². The standard InChI is InChI=1S/C33H28O4/c34-28-14-6-24(7-15-28)32(25-8-16-29(35)17-9-25)33(26-10-18-30(36)19-11-26)27-12-20-31(21-13-27)37-22-23-4-2-1-3-5-23/h1-21,32-36H,22H2. The highest BCUT2D eigenvalue weighted by molar-refractivity contribution is 5.48. The molecule has 0 saturated heterocycles. The van der Waals surface area contributed by atoms with Crippen LogP contribution < -0.4 is 4.74 Å². The SMILES string of the molecule is Oc1ccc(C(c2ccc(O)cc2)C(c2ccc(O)cc2)c2ccc(OCc3ccccc3)cc2)cc1. The fraction of sp³-hybridized carbons (Fsp3) is 0.0909. The van der Waals surface area contributed by atoms with Crippen molar-refractivity contribution in [3.8, 4) is 23.0 Å². The van der Waals surface area contributed by atoms with Crippen LogP contribution in [0.1, 0.15) is 39.7 Å². The summed E-state index contributed by atoms with van der Waals surface area (Å²) in [5.41, 5.74) is 5.25. The highest BCUT2D eigenvalue weighted by atomic mass is 16.5. The van der Waals surface area contributed by atoms with Crippen LogP contribution in [0.5, 0.6) is 23.0 Å². The Morgan fingerprint density at radius 1 is 0.432 bits per heavy atom. The number of ether oxygens (including phenoxy) is 1. The second kappa shape index (κ2) is 10.9. The molecule has 0 aliphatic carbocycles. The third kappa shape index (κ3) is 5.76. The van der Waals surface area contributed by atoms with Crippen molar-refractivity contribution >= 4 is 0 Å². The maximum atomic E-state index is 9.96. The second-order valence-corrected chi connectivity index (χ2v) is 9.07. The third-order valence-corrected chi connectivity index (χ3v) is 6.58. The molecule has 0 radical (unpaired) electrons. The Morgan fingerprint density at radius 2 is 0.784 bits per heavy atom. The maximum Gasteiger partial charge on any atom is 0.119 e. The van der Waals surface area contributed by atoms with Gasteiger partial charge < -0.3 is 20.1 Å². The summed E-state index contributed by atoms with van der Waals surface area (Å²) in [7, 11) is 0. The Morgan fingerprint density at radius 3 is 1.16 bits per heavy atom. The molecule has 0 fully saturated rings. The first-order valence-electron chi connectivity index (χ1n) is 12.2. The van der Waals surface area contributed by atoms with Crippen molar-refractivity contribution in [2.24, 2.45) is 0 Å². The topological polar surface area (TPSA) is 69.9 Å². The van der Waals surface area contributed by atoms with Crippen molar-refractivity contribution in [3.05, 3.63) is 155 Å². The highest BCUT2D eigenvalue weighted by Crippen LogP contribution is 2.44. The first-order chi connectivity index (χ1) is 18.1. The summed E-state index contributed by atoms with van der Waals surface area (Å²) in [4.78, 5) is 0. The third-order valence-electron chi connectivity index (χ3n) is 6.58. The molecular weight excluding hydrogens is 460 g/mol. The van der Waals surface area contributed by atoms with Gasteiger partial charge in [-0.25, -0.2) is 0 Å². The van der Waals surface area contributed by atoms with Crippen molar-refractivity contribution in [3.63, 3.8) is 0 Å². The Labute approximate surface area is 216 Å². The Hall–Kier alpha value is -4.70. The molecule has 1 atom stereocenters. The molecular formula is C33H28O4. The molecule has 5 rings (SSSR count). The average Bonchev–Trinajstić information content (AvgIpc) is 2.94. The molecule has 0 amide bonds. The molecule has 5 aromatic rings. The number of phenols is 3. The second-order valence-electron chi connectivity index (χ2n) is 9.07. The van der Waals surface area contributed by atoms with E-state index in [1.165, 1.54) is 0 Å². The molecule has 0 heterocycles. The lowest BCUT2D eigenvalue weighted by molar-refractivity contribution is 0.306. The van der Waals surface area contributed by atoms with Crippen LogP contribution >= 0.6 is 0 Å². The maximum absolute atomic E-state index is 9.96. The molecule has 0 saturated carbocycles. The zero-order chi connectivity index (χ0) is 25.6. The number of rotatable bonds is 8. The average molecular weight is 489 g/mol. The molecule has 0 bridgehead atoms. The summed E-state index contributed by atoms with van der Waals surface area (Å²) in [5.74, 6) is 1.16. The zero-order valence-electron chi connectivity index (χ0n) is 20.2. The predicted octanol–water partition coefficient (Wildman–Crippen LogP) is 7.35. The molecule has 0 aliphatic rings. The molecule has 1 unspecified atom stereocenters. The molecule has 0 aliphatic heterocycles. The van der Waals surface area contributed by atoms with E-state index >= 15 is 0 Å². The lowest BCUT2D eigenvalue weighted by Gasteiger charge is -2.30. The number of phenolic OH excluding ortho intramolecular Hbond substituents is 3. The van der Waals surface area contributed by atoms with Gasteiger partial charge in [-0.2, -0.15) is 0 Å². The summed E-state index contributed by atoms with van der Waals surface area (Å²) in [6, 6.07) is 39.9. The van der Waals surface area contributed by atoms with Gasteiger partial charge in [-0.15, -0.1) is 0 Å². The molecule has 3 N–H and O–H groups in total. The van der Waals surface area contributed by atoms with Gasteiger partial charge in [0.25, 0.3) is 0 Å². The molecule has 5 aromatic carbocycles. The van der Waals surface area contributed by atoms with Crippen LogP contribution in [-0.2, 0) is 6.61 Å². The van der Waals surface area contributed by atoms with Crippen molar-refractivity contribution in [1.82, 2.24) is 0 Å². The highest BCUT2D eigenvalue weighted by Gasteiger charge is 2.28. The van der Waals surface area contributed by atoms with Gasteiger partial charge in [-0.1, -0.05) is 78.9 Å². The van der Waals surface area contributed by atoms with Gasteiger partial charge >= 0.3 is 0 Å². The Bertz CT molecular complexity index is 1360. The van der Waals surface area contributed by atoms with E-state index in [0.717, 1.165) is 33.6 Å². The van der Waals surface area contributed by atoms with E-state index in [2.05, 4.69) is 12.1 Å². The molecule has 0 spiro atoms. The van der Waals surface area contributed by atoms with E-state index in [9.17, 15) is 15.3 Å². The lowest BCUT2D eigenvalue weighted by atomic mass is 9.73. The number of benzene rings is 5. The predicted molar refractivity (Wildman–Crippen MR) is 145 cm³/mol. The Balaban J connectivity index is 1.55. The van der Waals surface area contributed by atoms with Gasteiger partial charge in [0.1, 0.15) is 29.6 Å². The quantitative estimate of drug-likeness (QED) is 0.214. The minimum absolute atomic E-state index is 0.113. The van der Waals surface area contributed by atoms with Crippen LogP contribution in [0.2, 0.25) is 0 Å². The van der Waals surface area contributed by atoms with Crippen LogP contribution in [0, 0.1) is 0 Å². The number of hydrogen-bond donors (Lipinski definition) is 3. The minimum atomic E-state index is -0.123. The summed E-state index contributed by atoms with van der Waals surface area (Å²) in [5, 5.41) is 29.8. The molecule has 0 aromatic heterocycles. The van der Waals surface area contributed by atoms with Crippen molar-refractivity contribution in [2.75, 3.05) is 0 Å². The molecule has 184 valence electrons. The van der Waals surface area contributed by atoms with Crippen LogP contribution in [0.3, 0.4) is 0 Å². The fourth-order valence-corrected chi connectivity index (χ4v) is 4.71. The van der Waals surface area contributed by atoms with Crippen molar-refractivity contribution < 1.29 is 20.1 Å². The van der Waals surface area contributed by atoms with Crippen LogP contribution in [0.15, 0.2) is 127 Å². The van der Waals surface area contributed by atoms with Crippen LogP contribution in [0.4, 0.5) is 0 Å². The van der Waals surface area contributed by atoms with E-state index in [-0.39, 0.29) is 29.1 Å². The van der Waals surface area contributed by atoms with Gasteiger partial charge in [0.05, 0.1) is 0 Å². The number of aromatic hydroxyl groups is 3. The van der Waals surface area contributed by atoms with Crippen LogP contribution in [-0.4, -0.2) is 15.3 Å². The molecule has 4 heteroatoms. The van der Waals surface area contributed by atoms with E-state index in [1.807, 2.05) is 78.9 Å². The number of hydrogen-bond acceptors (Lipinski definition) is 4. The van der Waals surface area contributed by atoms with Gasteiger partial charge in [0.2, 0.25) is 0 Å². The summed E-state index contributed by atoms with van der Waals surface area (Å²) in [6.07, 6.45) is 0. The normalized spacial score (nSPS) is 11.8. The largest absolute Gasteiger partial charge is 0.508 e. The van der Waals surface area contributed by atoms with Gasteiger partial charge in [0.15, 0.2) is 0 Å². The fourth-order valence-electron chi connectivity index (χ4n) is 4.71.